The van der Waals surface area contributed by atoms with E-state index in [0.29, 0.717) is 5.57 Å². The van der Waals surface area contributed by atoms with Gasteiger partial charge >= 0.3 is 38.5 Å². The van der Waals surface area contributed by atoms with E-state index in [1.807, 2.05) is 6.92 Å². The van der Waals surface area contributed by atoms with Crippen LogP contribution in [0.15, 0.2) is 35.5 Å². The Morgan fingerprint density at radius 2 is 2.06 bits per heavy atom. The Morgan fingerprint density at radius 1 is 1.41 bits per heavy atom. The molecule has 0 radical (unpaired) electrons. The van der Waals surface area contributed by atoms with Crippen molar-refractivity contribution >= 4 is 38.5 Å². The SMILES string of the molecule is CCCC=C1C=C(C(=O)O)C=CC1C(=O)O.[PoH2]. The molecule has 1 aliphatic carbocycles. The molecule has 0 bridgehead atoms. The van der Waals surface area contributed by atoms with Crippen LogP contribution in [0, 0.1) is 5.92 Å². The molecule has 1 unspecified atom stereocenters. The molecule has 0 aromatic heterocycles. The molecule has 17 heavy (non-hydrogen) atoms. The van der Waals surface area contributed by atoms with E-state index in [2.05, 4.69) is 0 Å². The van der Waals surface area contributed by atoms with Crippen molar-refractivity contribution in [3.63, 3.8) is 0 Å². The van der Waals surface area contributed by atoms with E-state index in [-0.39, 0.29) is 32.1 Å². The van der Waals surface area contributed by atoms with Gasteiger partial charge in [-0.25, -0.2) is 4.79 Å². The molecular weight excluding hydrogens is 417 g/mol. The van der Waals surface area contributed by atoms with E-state index in [1.54, 1.807) is 6.08 Å². The number of allylic oxidation sites excluding steroid dienone is 2. The molecule has 0 aromatic carbocycles. The quantitative estimate of drug-likeness (QED) is 0.696. The normalized spacial score (nSPS) is 20.6. The van der Waals surface area contributed by atoms with E-state index in [4.69, 9.17) is 10.2 Å². The van der Waals surface area contributed by atoms with Crippen LogP contribution in [0.3, 0.4) is 0 Å². The summed E-state index contributed by atoms with van der Waals surface area (Å²) in [4.78, 5) is 21.7. The van der Waals surface area contributed by atoms with Crippen LogP contribution in [0.4, 0.5) is 0 Å². The van der Waals surface area contributed by atoms with Gasteiger partial charge in [-0.05, 0) is 18.1 Å². The minimum absolute atomic E-state index is 0. The summed E-state index contributed by atoms with van der Waals surface area (Å²) in [5.74, 6) is -2.73. The van der Waals surface area contributed by atoms with Crippen molar-refractivity contribution in [3.05, 3.63) is 35.5 Å². The van der Waals surface area contributed by atoms with Crippen LogP contribution in [0.25, 0.3) is 0 Å². The molecular formula is C12H16O4Po. The fourth-order valence-electron chi connectivity index (χ4n) is 1.48. The number of carbonyl (C=O) groups is 2. The van der Waals surface area contributed by atoms with Gasteiger partial charge in [0.15, 0.2) is 0 Å². The molecule has 5 heteroatoms. The second-order valence-corrected chi connectivity index (χ2v) is 3.57. The predicted octanol–water partition coefficient (Wildman–Crippen LogP) is 1.08. The molecule has 2 N–H and O–H groups in total. The average Bonchev–Trinajstić information content (AvgIpc) is 2.25. The topological polar surface area (TPSA) is 74.6 Å². The second-order valence-electron chi connectivity index (χ2n) is 3.57. The van der Waals surface area contributed by atoms with Gasteiger partial charge in [0.05, 0.1) is 11.5 Å². The molecule has 94 valence electrons. The van der Waals surface area contributed by atoms with Crippen molar-refractivity contribution in [2.24, 2.45) is 5.92 Å². The molecule has 0 saturated carbocycles. The van der Waals surface area contributed by atoms with Crippen molar-refractivity contribution in [1.82, 2.24) is 0 Å². The van der Waals surface area contributed by atoms with Crippen molar-refractivity contribution in [2.75, 3.05) is 0 Å². The summed E-state index contributed by atoms with van der Waals surface area (Å²) in [7, 11) is 0. The first-order valence-corrected chi connectivity index (χ1v) is 5.12. The summed E-state index contributed by atoms with van der Waals surface area (Å²) in [6, 6.07) is 0. The Bertz CT molecular complexity index is 393. The van der Waals surface area contributed by atoms with E-state index >= 15 is 0 Å². The maximum atomic E-state index is 10.9. The van der Waals surface area contributed by atoms with Gasteiger partial charge < -0.3 is 10.2 Å². The first-order valence-electron chi connectivity index (χ1n) is 5.12. The van der Waals surface area contributed by atoms with Crippen LogP contribution in [-0.4, -0.2) is 48.7 Å². The van der Waals surface area contributed by atoms with Gasteiger partial charge in [0, 0.05) is 0 Å². The molecule has 0 spiro atoms. The molecule has 0 heterocycles. The van der Waals surface area contributed by atoms with Crippen LogP contribution >= 0.6 is 0 Å². The molecule has 0 aromatic rings. The number of unbranched alkanes of at least 4 members (excludes halogenated alkanes) is 1. The third-order valence-corrected chi connectivity index (χ3v) is 2.33. The molecule has 1 aliphatic rings. The van der Waals surface area contributed by atoms with E-state index in [1.165, 1.54) is 18.2 Å². The molecule has 0 fully saturated rings. The van der Waals surface area contributed by atoms with Crippen LogP contribution in [0.1, 0.15) is 19.8 Å². The van der Waals surface area contributed by atoms with Gasteiger partial charge in [-0.15, -0.1) is 0 Å². The van der Waals surface area contributed by atoms with Crippen molar-refractivity contribution in [3.8, 4) is 0 Å². The number of aliphatic carboxylic acids is 2. The molecule has 1 rings (SSSR count). The Hall–Kier alpha value is -0.944. The Balaban J connectivity index is 0.00000256. The zero-order valence-electron chi connectivity index (χ0n) is 9.51. The molecule has 0 saturated heterocycles. The first kappa shape index (κ1) is 16.1. The molecule has 0 amide bonds. The fourth-order valence-corrected chi connectivity index (χ4v) is 1.48. The summed E-state index contributed by atoms with van der Waals surface area (Å²) < 4.78 is 0. The predicted molar refractivity (Wildman–Crippen MR) is 67.5 cm³/mol. The molecule has 4 nitrogen and oxygen atoms in total. The maximum absolute atomic E-state index is 10.9. The van der Waals surface area contributed by atoms with Crippen LogP contribution in [-0.2, 0) is 9.59 Å². The van der Waals surface area contributed by atoms with Gasteiger partial charge in [-0.3, -0.25) is 4.79 Å². The van der Waals surface area contributed by atoms with Crippen LogP contribution in [0.2, 0.25) is 0 Å². The second kappa shape index (κ2) is 7.40. The monoisotopic (exact) mass is 433 g/mol. The fraction of sp³-hybridized carbons (Fsp3) is 0.333. The summed E-state index contributed by atoms with van der Waals surface area (Å²) in [6.07, 6.45) is 7.60. The summed E-state index contributed by atoms with van der Waals surface area (Å²) in [5.41, 5.74) is 0.675. The van der Waals surface area contributed by atoms with Crippen molar-refractivity contribution in [1.29, 1.82) is 0 Å². The van der Waals surface area contributed by atoms with Crippen molar-refractivity contribution in [2.45, 2.75) is 19.8 Å². The summed E-state index contributed by atoms with van der Waals surface area (Å²) in [6.45, 7) is 1.98. The van der Waals surface area contributed by atoms with Gasteiger partial charge in [-0.2, -0.15) is 0 Å². The zero-order valence-corrected chi connectivity index (χ0v) is 13.4. The Kier molecular flexibility index (Phi) is 6.98. The van der Waals surface area contributed by atoms with Crippen LogP contribution < -0.4 is 0 Å². The zero-order chi connectivity index (χ0) is 12.1. The summed E-state index contributed by atoms with van der Waals surface area (Å²) in [5, 5.41) is 17.8. The van der Waals surface area contributed by atoms with Crippen molar-refractivity contribution < 1.29 is 19.8 Å². The van der Waals surface area contributed by atoms with Crippen LogP contribution in [0.5, 0.6) is 0 Å². The average molecular weight is 433 g/mol. The van der Waals surface area contributed by atoms with Gasteiger partial charge in [0.1, 0.15) is 0 Å². The Labute approximate surface area is 119 Å². The van der Waals surface area contributed by atoms with Gasteiger partial charge in [0.2, 0.25) is 0 Å². The van der Waals surface area contributed by atoms with Gasteiger partial charge in [0.25, 0.3) is 0 Å². The molecule has 1 atom stereocenters. The summed E-state index contributed by atoms with van der Waals surface area (Å²) >= 11 is 0. The number of hydrogen-bond donors (Lipinski definition) is 2. The third kappa shape index (κ3) is 4.43. The van der Waals surface area contributed by atoms with Gasteiger partial charge in [-0.1, -0.05) is 31.6 Å². The first-order chi connectivity index (χ1) is 7.56. The number of rotatable bonds is 4. The number of hydrogen-bond acceptors (Lipinski definition) is 2. The van der Waals surface area contributed by atoms with E-state index in [0.717, 1.165) is 12.8 Å². The minimum atomic E-state index is -1.04. The van der Waals surface area contributed by atoms with E-state index in [9.17, 15) is 9.59 Å². The van der Waals surface area contributed by atoms with E-state index < -0.39 is 17.9 Å². The Morgan fingerprint density at radius 3 is 2.53 bits per heavy atom. The standard InChI is InChI=1S/C12H14O4.Po.2H/c1-2-3-4-8-7-9(11(13)14)5-6-10(8)12(15)16;;;/h4-7,10H,2-3H2,1H3,(H,13,14)(H,15,16);;;. The number of carboxylic acids is 2. The third-order valence-electron chi connectivity index (χ3n) is 2.33. The number of carboxylic acid groups (broad SMARTS) is 2. The molecule has 0 aliphatic heterocycles.